The third kappa shape index (κ3) is 3.45. The molecule has 3 nitrogen and oxygen atoms in total. The van der Waals surface area contributed by atoms with Crippen molar-refractivity contribution in [3.8, 4) is 0 Å². The monoisotopic (exact) mass is 397 g/mol. The van der Waals surface area contributed by atoms with Crippen LogP contribution in [0, 0.1) is 6.92 Å². The Morgan fingerprint density at radius 1 is 1.04 bits per heavy atom. The zero-order chi connectivity index (χ0) is 17.3. The summed E-state index contributed by atoms with van der Waals surface area (Å²) in [5.41, 5.74) is 4.79. The SMILES string of the molecule is Cc1cccc(CN=C2Nc3ccc(Br)cc3NC23CCCCC3)c1. The van der Waals surface area contributed by atoms with Crippen LogP contribution in [-0.2, 0) is 6.54 Å². The van der Waals surface area contributed by atoms with Gasteiger partial charge in [0.25, 0.3) is 0 Å². The van der Waals surface area contributed by atoms with Gasteiger partial charge in [-0.2, -0.15) is 0 Å². The van der Waals surface area contributed by atoms with Crippen molar-refractivity contribution in [3.05, 3.63) is 58.1 Å². The molecule has 4 heteroatoms. The molecule has 0 bridgehead atoms. The van der Waals surface area contributed by atoms with Crippen LogP contribution in [-0.4, -0.2) is 11.4 Å². The van der Waals surface area contributed by atoms with E-state index in [9.17, 15) is 0 Å². The van der Waals surface area contributed by atoms with Crippen molar-refractivity contribution >= 4 is 33.1 Å². The van der Waals surface area contributed by atoms with E-state index in [1.54, 1.807) is 0 Å². The topological polar surface area (TPSA) is 36.4 Å². The van der Waals surface area contributed by atoms with Gasteiger partial charge in [-0.25, -0.2) is 0 Å². The van der Waals surface area contributed by atoms with Crippen molar-refractivity contribution in [1.82, 2.24) is 0 Å². The number of aliphatic imine (C=N–C) groups is 1. The molecule has 2 aliphatic rings. The quantitative estimate of drug-likeness (QED) is 0.661. The lowest BCUT2D eigenvalue weighted by Gasteiger charge is -2.44. The van der Waals surface area contributed by atoms with Gasteiger partial charge in [0, 0.05) is 4.47 Å². The van der Waals surface area contributed by atoms with Gasteiger partial charge in [0.05, 0.1) is 23.5 Å². The molecule has 1 saturated carbocycles. The summed E-state index contributed by atoms with van der Waals surface area (Å²) in [5.74, 6) is 1.10. The highest BCUT2D eigenvalue weighted by Gasteiger charge is 2.40. The Labute approximate surface area is 158 Å². The fourth-order valence-corrected chi connectivity index (χ4v) is 4.34. The molecule has 1 aliphatic carbocycles. The minimum absolute atomic E-state index is 0.0458. The highest BCUT2D eigenvalue weighted by Crippen LogP contribution is 2.40. The standard InChI is InChI=1S/C21H24BrN3/c1-15-6-5-7-16(12-15)14-23-20-21(10-3-2-4-11-21)25-19-13-17(22)8-9-18(19)24-20/h5-9,12-13,25H,2-4,10-11,14H2,1H3,(H,23,24). The number of aryl methyl sites for hydroxylation is 1. The molecule has 0 radical (unpaired) electrons. The molecule has 2 N–H and O–H groups in total. The first-order valence-electron chi connectivity index (χ1n) is 9.10. The summed E-state index contributed by atoms with van der Waals surface area (Å²) in [6.45, 7) is 2.85. The maximum Gasteiger partial charge on any atom is 0.127 e. The normalized spacial score (nSPS) is 20.0. The number of rotatable bonds is 2. The molecule has 0 saturated heterocycles. The van der Waals surface area contributed by atoms with Crippen LogP contribution in [0.1, 0.15) is 43.2 Å². The number of amidine groups is 1. The molecule has 1 heterocycles. The Hall–Kier alpha value is -1.81. The lowest BCUT2D eigenvalue weighted by molar-refractivity contribution is 0.403. The van der Waals surface area contributed by atoms with Gasteiger partial charge in [0.2, 0.25) is 0 Å². The summed E-state index contributed by atoms with van der Waals surface area (Å²) in [6.07, 6.45) is 6.10. The predicted molar refractivity (Wildman–Crippen MR) is 110 cm³/mol. The smallest absolute Gasteiger partial charge is 0.127 e. The van der Waals surface area contributed by atoms with Crippen LogP contribution < -0.4 is 10.6 Å². The Bertz CT molecular complexity index is 807. The molecule has 2 aromatic rings. The Morgan fingerprint density at radius 2 is 1.88 bits per heavy atom. The molecule has 25 heavy (non-hydrogen) atoms. The van der Waals surface area contributed by atoms with Gasteiger partial charge in [0.15, 0.2) is 0 Å². The van der Waals surface area contributed by atoms with Gasteiger partial charge in [-0.05, 0) is 43.5 Å². The Kier molecular flexibility index (Phi) is 4.55. The molecule has 1 spiro atoms. The van der Waals surface area contributed by atoms with E-state index in [1.807, 2.05) is 0 Å². The predicted octanol–water partition coefficient (Wildman–Crippen LogP) is 5.90. The maximum absolute atomic E-state index is 5.02. The van der Waals surface area contributed by atoms with Crippen LogP contribution >= 0.6 is 15.9 Å². The van der Waals surface area contributed by atoms with Crippen molar-refractivity contribution in [2.45, 2.75) is 51.1 Å². The zero-order valence-electron chi connectivity index (χ0n) is 14.6. The molecular weight excluding hydrogens is 374 g/mol. The molecule has 0 amide bonds. The fourth-order valence-electron chi connectivity index (χ4n) is 3.98. The van der Waals surface area contributed by atoms with Crippen molar-refractivity contribution in [2.24, 2.45) is 4.99 Å². The Morgan fingerprint density at radius 3 is 2.68 bits per heavy atom. The first kappa shape index (κ1) is 16.6. The van der Waals surface area contributed by atoms with Crippen LogP contribution in [0.3, 0.4) is 0 Å². The van der Waals surface area contributed by atoms with Crippen LogP contribution in [0.2, 0.25) is 0 Å². The number of fused-ring (bicyclic) bond motifs is 1. The molecule has 4 rings (SSSR count). The lowest BCUT2D eigenvalue weighted by atomic mass is 9.79. The number of hydrogen-bond acceptors (Lipinski definition) is 2. The van der Waals surface area contributed by atoms with Crippen LogP contribution in [0.4, 0.5) is 11.4 Å². The summed E-state index contributed by atoms with van der Waals surface area (Å²) in [7, 11) is 0. The molecule has 1 fully saturated rings. The zero-order valence-corrected chi connectivity index (χ0v) is 16.2. The number of nitrogens with zero attached hydrogens (tertiary/aromatic N) is 1. The van der Waals surface area contributed by atoms with Gasteiger partial charge in [-0.1, -0.05) is 65.0 Å². The molecule has 130 valence electrons. The highest BCUT2D eigenvalue weighted by atomic mass is 79.9. The van der Waals surface area contributed by atoms with Gasteiger partial charge in [0.1, 0.15) is 5.84 Å². The maximum atomic E-state index is 5.02. The van der Waals surface area contributed by atoms with E-state index in [4.69, 9.17) is 4.99 Å². The van der Waals surface area contributed by atoms with Gasteiger partial charge < -0.3 is 10.6 Å². The van der Waals surface area contributed by atoms with E-state index in [-0.39, 0.29) is 5.54 Å². The van der Waals surface area contributed by atoms with Crippen molar-refractivity contribution in [2.75, 3.05) is 10.6 Å². The third-order valence-electron chi connectivity index (χ3n) is 5.27. The molecular formula is C21H24BrN3. The lowest BCUT2D eigenvalue weighted by Crippen LogP contribution is -2.53. The van der Waals surface area contributed by atoms with E-state index in [0.717, 1.165) is 35.4 Å². The minimum Gasteiger partial charge on any atom is -0.371 e. The number of hydrogen-bond donors (Lipinski definition) is 2. The van der Waals surface area contributed by atoms with Crippen LogP contribution in [0.25, 0.3) is 0 Å². The number of anilines is 2. The second-order valence-electron chi connectivity index (χ2n) is 7.24. The van der Waals surface area contributed by atoms with Gasteiger partial charge in [-0.3, -0.25) is 4.99 Å². The number of benzene rings is 2. The molecule has 2 aromatic carbocycles. The molecule has 0 atom stereocenters. The van der Waals surface area contributed by atoms with E-state index >= 15 is 0 Å². The van der Waals surface area contributed by atoms with E-state index in [0.29, 0.717) is 0 Å². The van der Waals surface area contributed by atoms with E-state index < -0.39 is 0 Å². The highest BCUT2D eigenvalue weighted by molar-refractivity contribution is 9.10. The second kappa shape index (κ2) is 6.83. The molecule has 0 unspecified atom stereocenters. The summed E-state index contributed by atoms with van der Waals surface area (Å²) in [4.78, 5) is 5.02. The van der Waals surface area contributed by atoms with Gasteiger partial charge in [-0.15, -0.1) is 0 Å². The molecule has 0 aromatic heterocycles. The van der Waals surface area contributed by atoms with Crippen molar-refractivity contribution in [3.63, 3.8) is 0 Å². The van der Waals surface area contributed by atoms with E-state index in [1.165, 1.54) is 36.1 Å². The van der Waals surface area contributed by atoms with Crippen molar-refractivity contribution < 1.29 is 0 Å². The first-order chi connectivity index (χ1) is 12.1. The summed E-state index contributed by atoms with van der Waals surface area (Å²) in [6, 6.07) is 15.0. The minimum atomic E-state index is -0.0458. The first-order valence-corrected chi connectivity index (χ1v) is 9.89. The summed E-state index contributed by atoms with van der Waals surface area (Å²) < 4.78 is 1.10. The average Bonchev–Trinajstić information content (AvgIpc) is 2.61. The summed E-state index contributed by atoms with van der Waals surface area (Å²) >= 11 is 3.59. The Balaban J connectivity index is 1.68. The average molecular weight is 398 g/mol. The van der Waals surface area contributed by atoms with Crippen LogP contribution in [0.15, 0.2) is 51.9 Å². The summed E-state index contributed by atoms with van der Waals surface area (Å²) in [5, 5.41) is 7.46. The largest absolute Gasteiger partial charge is 0.371 e. The van der Waals surface area contributed by atoms with Gasteiger partial charge >= 0.3 is 0 Å². The van der Waals surface area contributed by atoms with E-state index in [2.05, 4.69) is 76.0 Å². The molecule has 1 aliphatic heterocycles. The second-order valence-corrected chi connectivity index (χ2v) is 8.15. The number of nitrogens with one attached hydrogen (secondary N) is 2. The third-order valence-corrected chi connectivity index (χ3v) is 5.76. The fraction of sp³-hybridized carbons (Fsp3) is 0.381. The van der Waals surface area contributed by atoms with Crippen molar-refractivity contribution in [1.29, 1.82) is 0 Å². The number of halogens is 1. The van der Waals surface area contributed by atoms with Crippen LogP contribution in [0.5, 0.6) is 0 Å².